The highest BCUT2D eigenvalue weighted by Gasteiger charge is 2.51. The Morgan fingerprint density at radius 1 is 0.419 bits per heavy atom. The van der Waals surface area contributed by atoms with Crippen molar-refractivity contribution in [3.05, 3.63) is 221 Å². The highest BCUT2D eigenvalue weighted by Crippen LogP contribution is 2.63. The van der Waals surface area contributed by atoms with Gasteiger partial charge < -0.3 is 14.1 Å². The van der Waals surface area contributed by atoms with Crippen LogP contribution in [-0.4, -0.2) is 0 Å². The maximum atomic E-state index is 6.65. The highest BCUT2D eigenvalue weighted by atomic mass is 32.1. The quantitative estimate of drug-likeness (QED) is 0.178. The summed E-state index contributed by atoms with van der Waals surface area (Å²) in [6.07, 6.45) is 0. The Morgan fingerprint density at radius 3 is 1.85 bits per heavy atom. The van der Waals surface area contributed by atoms with Crippen molar-refractivity contribution in [1.82, 2.24) is 0 Å². The molecule has 2 aromatic heterocycles. The third kappa shape index (κ3) is 4.34. The molecule has 3 heterocycles. The summed E-state index contributed by atoms with van der Waals surface area (Å²) < 4.78 is 15.7. The van der Waals surface area contributed by atoms with Gasteiger partial charge in [0.2, 0.25) is 0 Å². The van der Waals surface area contributed by atoms with Crippen molar-refractivity contribution in [1.29, 1.82) is 0 Å². The third-order valence-electron chi connectivity index (χ3n) is 14.1. The molecule has 0 atom stereocenters. The molecule has 292 valence electrons. The van der Waals surface area contributed by atoms with Crippen LogP contribution >= 0.6 is 11.3 Å². The van der Waals surface area contributed by atoms with E-state index in [4.69, 9.17) is 9.15 Å². The van der Waals surface area contributed by atoms with Gasteiger partial charge in [-0.2, -0.15) is 0 Å². The first kappa shape index (κ1) is 34.3. The Bertz CT molecular complexity index is 3690. The molecule has 3 aliphatic rings. The zero-order valence-electron chi connectivity index (χ0n) is 34.1. The lowest BCUT2D eigenvalue weighted by Crippen LogP contribution is -2.32. The van der Waals surface area contributed by atoms with Crippen molar-refractivity contribution in [2.75, 3.05) is 4.90 Å². The van der Waals surface area contributed by atoms with Crippen molar-refractivity contribution in [2.24, 2.45) is 0 Å². The summed E-state index contributed by atoms with van der Waals surface area (Å²) in [6, 6.07) is 69.1. The number of fused-ring (bicyclic) bond motifs is 18. The van der Waals surface area contributed by atoms with E-state index in [0.29, 0.717) is 0 Å². The van der Waals surface area contributed by atoms with Crippen LogP contribution in [0.2, 0.25) is 0 Å². The number of hydrogen-bond donors (Lipinski definition) is 0. The maximum absolute atomic E-state index is 6.65. The van der Waals surface area contributed by atoms with Crippen LogP contribution in [0.15, 0.2) is 192 Å². The van der Waals surface area contributed by atoms with Crippen molar-refractivity contribution in [3.8, 4) is 33.8 Å². The fourth-order valence-electron chi connectivity index (χ4n) is 11.4. The van der Waals surface area contributed by atoms with Crippen LogP contribution in [0, 0.1) is 0 Å². The molecule has 2 aliphatic carbocycles. The molecule has 0 amide bonds. The molecule has 4 heteroatoms. The van der Waals surface area contributed by atoms with Crippen LogP contribution < -0.4 is 9.64 Å². The number of furan rings is 1. The Labute approximate surface area is 362 Å². The fraction of sp³-hybridized carbons (Fsp3) is 0.0690. The Hall–Kier alpha value is -7.40. The number of anilines is 3. The van der Waals surface area contributed by atoms with Crippen molar-refractivity contribution in [2.45, 2.75) is 24.7 Å². The van der Waals surface area contributed by atoms with Crippen LogP contribution in [0.4, 0.5) is 17.1 Å². The van der Waals surface area contributed by atoms with Crippen molar-refractivity contribution < 1.29 is 9.15 Å². The summed E-state index contributed by atoms with van der Waals surface area (Å²) in [5.74, 6) is 1.82. The Morgan fingerprint density at radius 2 is 1.05 bits per heavy atom. The summed E-state index contributed by atoms with van der Waals surface area (Å²) in [4.78, 5) is 2.47. The minimum Gasteiger partial charge on any atom is -0.457 e. The lowest BCUT2D eigenvalue weighted by Gasteiger charge is -2.39. The molecule has 0 radical (unpaired) electrons. The second-order valence-corrected chi connectivity index (χ2v) is 18.6. The normalized spacial score (nSPS) is 14.7. The van der Waals surface area contributed by atoms with Gasteiger partial charge in [0.05, 0.1) is 11.1 Å². The summed E-state index contributed by atoms with van der Waals surface area (Å²) in [7, 11) is 0. The lowest BCUT2D eigenvalue weighted by molar-refractivity contribution is 0.436. The standard InChI is InChI=1S/C58H37NO2S/c1-57(2)43-17-6-3-14-36(43)38-28-26-34(30-47(38)57)59(35-27-29-40-39-16-5-10-22-50(39)60-53(40)31-35)49-21-13-25-54-56(49)42-32-41-37-15-4-7-18-44(37)58(48(41)33-55(42)62-54)45-19-8-11-23-51(45)61-52-24-12-9-20-46(52)58/h3-33H,1-2H3. The number of benzene rings is 9. The van der Waals surface area contributed by atoms with Crippen molar-refractivity contribution >= 4 is 70.5 Å². The maximum Gasteiger partial charge on any atom is 0.137 e. The van der Waals surface area contributed by atoms with E-state index in [0.717, 1.165) is 50.5 Å². The SMILES string of the molecule is CC1(C)c2ccccc2-c2ccc(N(c3ccc4c(c3)oc3ccccc34)c3cccc4sc5cc6c(cc5c34)-c3ccccc3C63c4ccccc4Oc4ccccc43)cc21. The molecule has 11 aromatic rings. The number of nitrogens with zero attached hydrogens (tertiary/aromatic N) is 1. The number of para-hydroxylation sites is 3. The molecular formula is C58H37NO2S. The van der Waals surface area contributed by atoms with E-state index < -0.39 is 5.41 Å². The molecule has 0 saturated carbocycles. The first-order valence-corrected chi connectivity index (χ1v) is 22.2. The monoisotopic (exact) mass is 811 g/mol. The van der Waals surface area contributed by atoms with Gasteiger partial charge in [0.25, 0.3) is 0 Å². The van der Waals surface area contributed by atoms with Gasteiger partial charge in [-0.05, 0) is 111 Å². The summed E-state index contributed by atoms with van der Waals surface area (Å²) in [5, 5.41) is 4.75. The van der Waals surface area contributed by atoms with Gasteiger partial charge >= 0.3 is 0 Å². The summed E-state index contributed by atoms with van der Waals surface area (Å²) in [6.45, 7) is 4.72. The topological polar surface area (TPSA) is 25.6 Å². The van der Waals surface area contributed by atoms with E-state index in [9.17, 15) is 0 Å². The second kappa shape index (κ2) is 12.1. The van der Waals surface area contributed by atoms with Gasteiger partial charge in [-0.25, -0.2) is 0 Å². The highest BCUT2D eigenvalue weighted by molar-refractivity contribution is 7.26. The molecule has 1 spiro atoms. The lowest BCUT2D eigenvalue weighted by atomic mass is 9.66. The van der Waals surface area contributed by atoms with E-state index in [-0.39, 0.29) is 5.41 Å². The number of ether oxygens (including phenoxy) is 1. The minimum absolute atomic E-state index is 0.150. The number of hydrogen-bond acceptors (Lipinski definition) is 4. The Balaban J connectivity index is 1.04. The summed E-state index contributed by atoms with van der Waals surface area (Å²) in [5.41, 5.74) is 17.2. The van der Waals surface area contributed by atoms with Crippen LogP contribution in [0.25, 0.3) is 64.4 Å². The zero-order valence-corrected chi connectivity index (χ0v) is 34.9. The van der Waals surface area contributed by atoms with Crippen molar-refractivity contribution in [3.63, 3.8) is 0 Å². The third-order valence-corrected chi connectivity index (χ3v) is 15.2. The predicted molar refractivity (Wildman–Crippen MR) is 256 cm³/mol. The van der Waals surface area contributed by atoms with Gasteiger partial charge in [-0.3, -0.25) is 0 Å². The summed E-state index contributed by atoms with van der Waals surface area (Å²) >= 11 is 1.88. The van der Waals surface area contributed by atoms with E-state index in [1.54, 1.807) is 0 Å². The minimum atomic E-state index is -0.520. The van der Waals surface area contributed by atoms with Gasteiger partial charge in [0.1, 0.15) is 22.7 Å². The molecule has 9 aromatic carbocycles. The largest absolute Gasteiger partial charge is 0.457 e. The van der Waals surface area contributed by atoms with Crippen LogP contribution in [0.1, 0.15) is 47.2 Å². The second-order valence-electron chi connectivity index (χ2n) is 17.6. The molecule has 0 unspecified atom stereocenters. The molecule has 0 saturated heterocycles. The molecule has 0 fully saturated rings. The van der Waals surface area contributed by atoms with Crippen LogP contribution in [-0.2, 0) is 10.8 Å². The number of rotatable bonds is 3. The molecule has 1 aliphatic heterocycles. The van der Waals surface area contributed by atoms with E-state index in [2.05, 4.69) is 201 Å². The van der Waals surface area contributed by atoms with E-state index in [1.807, 2.05) is 17.4 Å². The van der Waals surface area contributed by atoms with Gasteiger partial charge in [0, 0.05) is 64.9 Å². The van der Waals surface area contributed by atoms with E-state index >= 15 is 0 Å². The average molecular weight is 812 g/mol. The molecule has 3 nitrogen and oxygen atoms in total. The Kier molecular flexibility index (Phi) is 6.71. The van der Waals surface area contributed by atoms with Gasteiger partial charge in [-0.1, -0.05) is 129 Å². The average Bonchev–Trinajstić information content (AvgIpc) is 4.02. The first-order chi connectivity index (χ1) is 30.5. The smallest absolute Gasteiger partial charge is 0.137 e. The van der Waals surface area contributed by atoms with E-state index in [1.165, 1.54) is 75.8 Å². The van der Waals surface area contributed by atoms with Crippen LogP contribution in [0.3, 0.4) is 0 Å². The molecule has 14 rings (SSSR count). The molecule has 62 heavy (non-hydrogen) atoms. The number of thiophene rings is 1. The first-order valence-electron chi connectivity index (χ1n) is 21.4. The fourth-order valence-corrected chi connectivity index (χ4v) is 12.6. The zero-order chi connectivity index (χ0) is 40.9. The van der Waals surface area contributed by atoms with Gasteiger partial charge in [0.15, 0.2) is 0 Å². The predicted octanol–water partition coefficient (Wildman–Crippen LogP) is 16.2. The van der Waals surface area contributed by atoms with Gasteiger partial charge in [-0.15, -0.1) is 11.3 Å². The molecular weight excluding hydrogens is 775 g/mol. The molecule has 0 N–H and O–H groups in total. The van der Waals surface area contributed by atoms with Crippen LogP contribution in [0.5, 0.6) is 11.5 Å². The molecule has 0 bridgehead atoms.